The first-order valence-electron chi connectivity index (χ1n) is 3.96. The number of thiocarbonyl (C=S) groups is 1. The molecule has 2 aromatic rings. The van der Waals surface area contributed by atoms with Gasteiger partial charge in [0.15, 0.2) is 0 Å². The van der Waals surface area contributed by atoms with Crippen LogP contribution in [0.5, 0.6) is 0 Å². The second-order valence-corrected chi connectivity index (χ2v) is 3.42. The third-order valence-corrected chi connectivity index (χ3v) is 2.01. The summed E-state index contributed by atoms with van der Waals surface area (Å²) in [5.74, 6) is 0. The molecule has 3 nitrogen and oxygen atoms in total. The van der Waals surface area contributed by atoms with E-state index in [9.17, 15) is 0 Å². The number of imidazole rings is 1. The Morgan fingerprint density at radius 3 is 3.15 bits per heavy atom. The third kappa shape index (κ3) is 1.67. The molecule has 0 spiro atoms. The highest BCUT2D eigenvalue weighted by molar-refractivity contribution is 7.80. The van der Waals surface area contributed by atoms with Crippen molar-refractivity contribution < 1.29 is 0 Å². The molecule has 66 valence electrons. The molecule has 0 amide bonds. The second kappa shape index (κ2) is 3.14. The van der Waals surface area contributed by atoms with E-state index in [0.717, 1.165) is 16.6 Å². The summed E-state index contributed by atoms with van der Waals surface area (Å²) in [5.41, 5.74) is 8.55. The van der Waals surface area contributed by atoms with Crippen LogP contribution in [0.4, 0.5) is 0 Å². The molecular formula is C9H9N3S. The molecule has 2 rings (SSSR count). The fraction of sp³-hybridized carbons (Fsp3) is 0.111. The van der Waals surface area contributed by atoms with Crippen molar-refractivity contribution in [2.75, 3.05) is 0 Å². The Labute approximate surface area is 81.0 Å². The maximum Gasteiger partial charge on any atom is 0.0931 e. The van der Waals surface area contributed by atoms with E-state index in [-0.39, 0.29) is 0 Å². The van der Waals surface area contributed by atoms with Crippen LogP contribution < -0.4 is 5.73 Å². The van der Waals surface area contributed by atoms with Gasteiger partial charge in [-0.3, -0.25) is 0 Å². The quantitative estimate of drug-likeness (QED) is 0.705. The lowest BCUT2D eigenvalue weighted by molar-refractivity contribution is 1.33. The zero-order valence-corrected chi connectivity index (χ0v) is 7.77. The molecule has 0 aliphatic rings. The molecular weight excluding hydrogens is 182 g/mol. The molecule has 1 aromatic carbocycles. The average Bonchev–Trinajstić information content (AvgIpc) is 2.49. The first kappa shape index (κ1) is 8.19. The van der Waals surface area contributed by atoms with Gasteiger partial charge in [-0.15, -0.1) is 0 Å². The molecule has 4 heteroatoms. The van der Waals surface area contributed by atoms with Crippen LogP contribution in [0.1, 0.15) is 5.56 Å². The van der Waals surface area contributed by atoms with E-state index in [1.54, 1.807) is 6.33 Å². The molecule has 0 aliphatic heterocycles. The van der Waals surface area contributed by atoms with E-state index >= 15 is 0 Å². The van der Waals surface area contributed by atoms with Crippen molar-refractivity contribution in [3.8, 4) is 0 Å². The number of nitrogens with one attached hydrogen (secondary N) is 1. The van der Waals surface area contributed by atoms with Gasteiger partial charge in [-0.2, -0.15) is 0 Å². The van der Waals surface area contributed by atoms with Crippen LogP contribution >= 0.6 is 12.2 Å². The van der Waals surface area contributed by atoms with Crippen LogP contribution in [-0.2, 0) is 6.42 Å². The SMILES string of the molecule is NC(=S)Cc1ccc2nc[nH]c2c1. The molecule has 0 fully saturated rings. The predicted octanol–water partition coefficient (Wildman–Crippen LogP) is 1.39. The molecule has 0 radical (unpaired) electrons. The van der Waals surface area contributed by atoms with Gasteiger partial charge in [0, 0.05) is 6.42 Å². The summed E-state index contributed by atoms with van der Waals surface area (Å²) in [6.45, 7) is 0. The van der Waals surface area contributed by atoms with Crippen LogP contribution in [0.15, 0.2) is 24.5 Å². The Hall–Kier alpha value is -1.42. The van der Waals surface area contributed by atoms with Crippen LogP contribution in [0.25, 0.3) is 11.0 Å². The highest BCUT2D eigenvalue weighted by atomic mass is 32.1. The number of nitrogens with two attached hydrogens (primary N) is 1. The topological polar surface area (TPSA) is 54.7 Å². The number of H-pyrrole nitrogens is 1. The van der Waals surface area contributed by atoms with Gasteiger partial charge < -0.3 is 10.7 Å². The van der Waals surface area contributed by atoms with Gasteiger partial charge in [-0.1, -0.05) is 18.3 Å². The largest absolute Gasteiger partial charge is 0.393 e. The number of hydrogen-bond donors (Lipinski definition) is 2. The second-order valence-electron chi connectivity index (χ2n) is 2.90. The molecule has 0 saturated carbocycles. The molecule has 0 atom stereocenters. The number of hydrogen-bond acceptors (Lipinski definition) is 2. The molecule has 0 bridgehead atoms. The predicted molar refractivity (Wildman–Crippen MR) is 56.6 cm³/mol. The number of aromatic nitrogens is 2. The van der Waals surface area contributed by atoms with Gasteiger partial charge in [0.05, 0.1) is 22.3 Å². The maximum absolute atomic E-state index is 5.45. The summed E-state index contributed by atoms with van der Waals surface area (Å²) >= 11 is 4.83. The Balaban J connectivity index is 2.42. The average molecular weight is 191 g/mol. The van der Waals surface area contributed by atoms with Gasteiger partial charge in [-0.25, -0.2) is 4.98 Å². The van der Waals surface area contributed by atoms with Crippen molar-refractivity contribution >= 4 is 28.2 Å². The van der Waals surface area contributed by atoms with Crippen molar-refractivity contribution in [1.29, 1.82) is 0 Å². The minimum atomic E-state index is 0.513. The monoisotopic (exact) mass is 191 g/mol. The number of benzene rings is 1. The van der Waals surface area contributed by atoms with E-state index in [2.05, 4.69) is 9.97 Å². The summed E-state index contributed by atoms with van der Waals surface area (Å²) in [4.78, 5) is 7.67. The number of fused-ring (bicyclic) bond motifs is 1. The molecule has 13 heavy (non-hydrogen) atoms. The molecule has 1 aromatic heterocycles. The number of nitrogens with zero attached hydrogens (tertiary/aromatic N) is 1. The van der Waals surface area contributed by atoms with Gasteiger partial charge >= 0.3 is 0 Å². The fourth-order valence-electron chi connectivity index (χ4n) is 1.29. The summed E-state index contributed by atoms with van der Waals surface area (Å²) in [5, 5.41) is 0. The first-order valence-corrected chi connectivity index (χ1v) is 4.37. The van der Waals surface area contributed by atoms with E-state index in [4.69, 9.17) is 18.0 Å². The van der Waals surface area contributed by atoms with Gasteiger partial charge in [-0.05, 0) is 17.7 Å². The highest BCUT2D eigenvalue weighted by Crippen LogP contribution is 2.11. The van der Waals surface area contributed by atoms with Crippen molar-refractivity contribution in [3.05, 3.63) is 30.1 Å². The van der Waals surface area contributed by atoms with Crippen molar-refractivity contribution in [1.82, 2.24) is 9.97 Å². The molecule has 1 heterocycles. The number of rotatable bonds is 2. The van der Waals surface area contributed by atoms with Crippen molar-refractivity contribution in [2.24, 2.45) is 5.73 Å². The van der Waals surface area contributed by atoms with Gasteiger partial charge in [0.2, 0.25) is 0 Å². The van der Waals surface area contributed by atoms with Crippen LogP contribution in [0.3, 0.4) is 0 Å². The molecule has 0 saturated heterocycles. The van der Waals surface area contributed by atoms with E-state index in [0.29, 0.717) is 11.4 Å². The molecule has 3 N–H and O–H groups in total. The normalized spacial score (nSPS) is 10.5. The minimum absolute atomic E-state index is 0.513. The highest BCUT2D eigenvalue weighted by Gasteiger charge is 1.98. The van der Waals surface area contributed by atoms with Gasteiger partial charge in [0.1, 0.15) is 0 Å². The first-order chi connectivity index (χ1) is 6.25. The van der Waals surface area contributed by atoms with Gasteiger partial charge in [0.25, 0.3) is 0 Å². The zero-order chi connectivity index (χ0) is 9.26. The number of aromatic amines is 1. The zero-order valence-electron chi connectivity index (χ0n) is 6.95. The summed E-state index contributed by atoms with van der Waals surface area (Å²) in [6, 6.07) is 5.96. The lowest BCUT2D eigenvalue weighted by atomic mass is 10.1. The Morgan fingerprint density at radius 2 is 2.38 bits per heavy atom. The lowest BCUT2D eigenvalue weighted by Gasteiger charge is -1.98. The molecule has 0 aliphatic carbocycles. The smallest absolute Gasteiger partial charge is 0.0931 e. The van der Waals surface area contributed by atoms with Crippen molar-refractivity contribution in [2.45, 2.75) is 6.42 Å². The molecule has 0 unspecified atom stereocenters. The van der Waals surface area contributed by atoms with E-state index < -0.39 is 0 Å². The third-order valence-electron chi connectivity index (χ3n) is 1.86. The van der Waals surface area contributed by atoms with Crippen LogP contribution in [0, 0.1) is 0 Å². The Kier molecular flexibility index (Phi) is 1.98. The van der Waals surface area contributed by atoms with E-state index in [1.807, 2.05) is 18.2 Å². The van der Waals surface area contributed by atoms with E-state index in [1.165, 1.54) is 0 Å². The Bertz CT molecular complexity index is 447. The summed E-state index contributed by atoms with van der Waals surface area (Å²) in [7, 11) is 0. The summed E-state index contributed by atoms with van der Waals surface area (Å²) in [6.07, 6.45) is 2.32. The minimum Gasteiger partial charge on any atom is -0.393 e. The van der Waals surface area contributed by atoms with Crippen LogP contribution in [-0.4, -0.2) is 15.0 Å². The fourth-order valence-corrected chi connectivity index (χ4v) is 1.46. The van der Waals surface area contributed by atoms with Crippen LogP contribution in [0.2, 0.25) is 0 Å². The van der Waals surface area contributed by atoms with Crippen molar-refractivity contribution in [3.63, 3.8) is 0 Å². The Morgan fingerprint density at radius 1 is 1.54 bits per heavy atom. The summed E-state index contributed by atoms with van der Waals surface area (Å²) < 4.78 is 0. The lowest BCUT2D eigenvalue weighted by Crippen LogP contribution is -2.10. The standard InChI is InChI=1S/C9H9N3S/c10-9(13)4-6-1-2-7-8(3-6)12-5-11-7/h1-3,5H,4H2,(H2,10,13)(H,11,12). The maximum atomic E-state index is 5.45.